The second-order valence-electron chi connectivity index (χ2n) is 8.91. The van der Waals surface area contributed by atoms with Crippen molar-refractivity contribution in [3.05, 3.63) is 23.9 Å². The monoisotopic (exact) mass is 429 g/mol. The quantitative estimate of drug-likeness (QED) is 0.506. The summed E-state index contributed by atoms with van der Waals surface area (Å²) in [6.45, 7) is 8.85. The molecule has 1 aliphatic heterocycles. The molecule has 31 heavy (non-hydrogen) atoms. The number of aliphatic imine (C=N–C) groups is 1. The van der Waals surface area contributed by atoms with Crippen LogP contribution in [0.15, 0.2) is 23.3 Å². The Bertz CT molecular complexity index is 733. The van der Waals surface area contributed by atoms with Crippen LogP contribution in [0.3, 0.4) is 0 Å². The SMILES string of the molecule is CCN1CCN(c2ccc(CNC(=NC)NCC3(C(=O)N(C)C)CCCC3)cn2)CC1. The number of hydrogen-bond donors (Lipinski definition) is 2. The van der Waals surface area contributed by atoms with E-state index in [0.29, 0.717) is 13.1 Å². The van der Waals surface area contributed by atoms with E-state index in [1.165, 1.54) is 0 Å². The fraction of sp³-hybridized carbons (Fsp3) is 0.696. The van der Waals surface area contributed by atoms with Crippen molar-refractivity contribution in [1.82, 2.24) is 25.4 Å². The molecule has 1 aliphatic carbocycles. The summed E-state index contributed by atoms with van der Waals surface area (Å²) >= 11 is 0. The van der Waals surface area contributed by atoms with Crippen LogP contribution in [-0.4, -0.2) is 87.1 Å². The van der Waals surface area contributed by atoms with Gasteiger partial charge >= 0.3 is 0 Å². The molecule has 0 spiro atoms. The Hall–Kier alpha value is -2.35. The molecular formula is C23H39N7O. The van der Waals surface area contributed by atoms with Crippen molar-refractivity contribution in [1.29, 1.82) is 0 Å². The van der Waals surface area contributed by atoms with E-state index in [0.717, 1.165) is 75.7 Å². The van der Waals surface area contributed by atoms with Gasteiger partial charge < -0.3 is 25.3 Å². The van der Waals surface area contributed by atoms with E-state index in [-0.39, 0.29) is 11.3 Å². The number of nitrogens with zero attached hydrogens (tertiary/aromatic N) is 5. The van der Waals surface area contributed by atoms with Crippen LogP contribution in [0, 0.1) is 5.41 Å². The maximum atomic E-state index is 12.8. The molecule has 2 aliphatic rings. The number of pyridine rings is 1. The Kier molecular flexibility index (Phi) is 8.12. The van der Waals surface area contributed by atoms with Crippen LogP contribution in [0.5, 0.6) is 0 Å². The van der Waals surface area contributed by atoms with Gasteiger partial charge in [0, 0.05) is 66.6 Å². The lowest BCUT2D eigenvalue weighted by Gasteiger charge is -2.34. The highest BCUT2D eigenvalue weighted by molar-refractivity contribution is 5.85. The maximum Gasteiger partial charge on any atom is 0.230 e. The minimum Gasteiger partial charge on any atom is -0.355 e. The largest absolute Gasteiger partial charge is 0.355 e. The van der Waals surface area contributed by atoms with E-state index in [9.17, 15) is 4.79 Å². The van der Waals surface area contributed by atoms with E-state index in [1.807, 2.05) is 20.3 Å². The lowest BCUT2D eigenvalue weighted by atomic mass is 9.84. The van der Waals surface area contributed by atoms with E-state index >= 15 is 0 Å². The molecule has 1 amide bonds. The molecule has 2 fully saturated rings. The van der Waals surface area contributed by atoms with Crippen molar-refractivity contribution < 1.29 is 4.79 Å². The predicted octanol–water partition coefficient (Wildman–Crippen LogP) is 1.54. The Labute approximate surface area is 187 Å². The van der Waals surface area contributed by atoms with Gasteiger partial charge in [-0.15, -0.1) is 0 Å². The van der Waals surface area contributed by atoms with Crippen LogP contribution in [0.4, 0.5) is 5.82 Å². The Balaban J connectivity index is 1.50. The average molecular weight is 430 g/mol. The standard InChI is InChI=1S/C23H39N7O/c1-5-29-12-14-30(15-13-29)20-9-8-19(16-25-20)17-26-22(24-2)27-18-23(10-6-7-11-23)21(31)28(3)4/h8-9,16H,5-7,10-15,17-18H2,1-4H3,(H2,24,26,27). The van der Waals surface area contributed by atoms with Crippen LogP contribution in [0.25, 0.3) is 0 Å². The molecule has 2 heterocycles. The molecule has 0 atom stereocenters. The molecule has 0 radical (unpaired) electrons. The summed E-state index contributed by atoms with van der Waals surface area (Å²) in [6.07, 6.45) is 6.03. The van der Waals surface area contributed by atoms with Gasteiger partial charge in [-0.25, -0.2) is 4.98 Å². The number of aromatic nitrogens is 1. The molecule has 1 saturated heterocycles. The van der Waals surface area contributed by atoms with Crippen molar-refractivity contribution >= 4 is 17.7 Å². The fourth-order valence-corrected chi connectivity index (χ4v) is 4.65. The van der Waals surface area contributed by atoms with Gasteiger partial charge in [-0.1, -0.05) is 25.8 Å². The molecule has 8 nitrogen and oxygen atoms in total. The third-order valence-electron chi connectivity index (χ3n) is 6.65. The zero-order chi connectivity index (χ0) is 22.3. The van der Waals surface area contributed by atoms with Crippen molar-refractivity contribution in [2.45, 2.75) is 39.2 Å². The zero-order valence-electron chi connectivity index (χ0n) is 19.7. The minimum atomic E-state index is -0.313. The molecular weight excluding hydrogens is 390 g/mol. The predicted molar refractivity (Wildman–Crippen MR) is 126 cm³/mol. The summed E-state index contributed by atoms with van der Waals surface area (Å²) in [5.74, 6) is 1.98. The highest BCUT2D eigenvalue weighted by atomic mass is 16.2. The van der Waals surface area contributed by atoms with Crippen molar-refractivity contribution in [3.8, 4) is 0 Å². The fourth-order valence-electron chi connectivity index (χ4n) is 4.65. The second kappa shape index (κ2) is 10.8. The molecule has 8 heteroatoms. The molecule has 0 aromatic carbocycles. The number of hydrogen-bond acceptors (Lipinski definition) is 5. The number of rotatable bonds is 7. The number of nitrogens with one attached hydrogen (secondary N) is 2. The summed E-state index contributed by atoms with van der Waals surface area (Å²) in [5, 5.41) is 6.75. The zero-order valence-corrected chi connectivity index (χ0v) is 19.7. The number of carbonyl (C=O) groups is 1. The first-order chi connectivity index (χ1) is 15.0. The third-order valence-corrected chi connectivity index (χ3v) is 6.65. The Morgan fingerprint density at radius 1 is 1.16 bits per heavy atom. The summed E-state index contributed by atoms with van der Waals surface area (Å²) < 4.78 is 0. The van der Waals surface area contributed by atoms with Gasteiger partial charge in [0.1, 0.15) is 5.82 Å². The first-order valence-corrected chi connectivity index (χ1v) is 11.6. The number of amides is 1. The average Bonchev–Trinajstić information content (AvgIpc) is 3.29. The molecule has 0 bridgehead atoms. The lowest BCUT2D eigenvalue weighted by Crippen LogP contribution is -2.49. The van der Waals surface area contributed by atoms with Crippen LogP contribution >= 0.6 is 0 Å². The topological polar surface area (TPSA) is 76.1 Å². The Morgan fingerprint density at radius 2 is 1.87 bits per heavy atom. The van der Waals surface area contributed by atoms with Gasteiger partial charge in [0.2, 0.25) is 5.91 Å². The molecule has 0 unspecified atom stereocenters. The first kappa shape index (κ1) is 23.3. The minimum absolute atomic E-state index is 0.215. The van der Waals surface area contributed by atoms with Crippen molar-refractivity contribution in [3.63, 3.8) is 0 Å². The molecule has 2 N–H and O–H groups in total. The highest BCUT2D eigenvalue weighted by Crippen LogP contribution is 2.38. The summed E-state index contributed by atoms with van der Waals surface area (Å²) in [6, 6.07) is 4.24. The second-order valence-corrected chi connectivity index (χ2v) is 8.91. The lowest BCUT2D eigenvalue weighted by molar-refractivity contribution is -0.138. The normalized spacial score (nSPS) is 19.4. The van der Waals surface area contributed by atoms with E-state index in [1.54, 1.807) is 11.9 Å². The van der Waals surface area contributed by atoms with Gasteiger partial charge in [0.25, 0.3) is 0 Å². The third kappa shape index (κ3) is 5.87. The summed E-state index contributed by atoms with van der Waals surface area (Å²) in [7, 11) is 5.45. The van der Waals surface area contributed by atoms with E-state index in [2.05, 4.69) is 49.5 Å². The van der Waals surface area contributed by atoms with Gasteiger partial charge in [-0.2, -0.15) is 0 Å². The first-order valence-electron chi connectivity index (χ1n) is 11.6. The number of anilines is 1. The van der Waals surface area contributed by atoms with Crippen LogP contribution in [-0.2, 0) is 11.3 Å². The van der Waals surface area contributed by atoms with Crippen molar-refractivity contribution in [2.75, 3.05) is 65.3 Å². The Morgan fingerprint density at radius 3 is 2.42 bits per heavy atom. The van der Waals surface area contributed by atoms with Gasteiger partial charge in [-0.3, -0.25) is 9.79 Å². The summed E-state index contributed by atoms with van der Waals surface area (Å²) in [4.78, 5) is 28.3. The molecule has 1 aromatic heterocycles. The van der Waals surface area contributed by atoms with Crippen LogP contribution in [0.2, 0.25) is 0 Å². The van der Waals surface area contributed by atoms with Gasteiger partial charge in [0.05, 0.1) is 5.41 Å². The van der Waals surface area contributed by atoms with Crippen LogP contribution in [0.1, 0.15) is 38.2 Å². The van der Waals surface area contributed by atoms with E-state index < -0.39 is 0 Å². The summed E-state index contributed by atoms with van der Waals surface area (Å²) in [5.41, 5.74) is 0.797. The van der Waals surface area contributed by atoms with E-state index in [4.69, 9.17) is 0 Å². The van der Waals surface area contributed by atoms with Gasteiger partial charge in [0.15, 0.2) is 5.96 Å². The number of likely N-dealkylation sites (N-methyl/N-ethyl adjacent to an activating group) is 1. The molecule has 172 valence electrons. The van der Waals surface area contributed by atoms with Crippen molar-refractivity contribution in [2.24, 2.45) is 10.4 Å². The highest BCUT2D eigenvalue weighted by Gasteiger charge is 2.42. The van der Waals surface area contributed by atoms with Crippen LogP contribution < -0.4 is 15.5 Å². The molecule has 3 rings (SSSR count). The number of carbonyl (C=O) groups excluding carboxylic acids is 1. The molecule has 1 saturated carbocycles. The number of piperazine rings is 1. The van der Waals surface area contributed by atoms with Gasteiger partial charge in [-0.05, 0) is 31.0 Å². The number of guanidine groups is 1. The maximum absolute atomic E-state index is 12.8. The molecule has 1 aromatic rings. The smallest absolute Gasteiger partial charge is 0.230 e.